The number of methoxy groups -OCH3 is 1. The summed E-state index contributed by atoms with van der Waals surface area (Å²) in [5.74, 6) is 0.391. The molecule has 18 heavy (non-hydrogen) atoms. The van der Waals surface area contributed by atoms with Crippen molar-refractivity contribution in [1.29, 1.82) is 0 Å². The molecule has 0 saturated heterocycles. The number of esters is 1. The summed E-state index contributed by atoms with van der Waals surface area (Å²) in [4.78, 5) is 13.9. The van der Waals surface area contributed by atoms with Gasteiger partial charge in [0, 0.05) is 6.54 Å². The first-order valence-corrected chi connectivity index (χ1v) is 6.97. The Hall–Kier alpha value is -0.610. The summed E-state index contributed by atoms with van der Waals surface area (Å²) in [6, 6.07) is 0. The standard InChI is InChI=1S/C14H30N2O2/c1-6-12(3)11-16(7-2)10-8-9-14(4,15)13(17)18-5/h12H,6-11,15H2,1-5H3. The minimum absolute atomic E-state index is 0.326. The quantitative estimate of drug-likeness (QED) is 0.643. The van der Waals surface area contributed by atoms with E-state index in [9.17, 15) is 4.79 Å². The third kappa shape index (κ3) is 6.36. The van der Waals surface area contributed by atoms with E-state index < -0.39 is 5.54 Å². The number of carbonyl (C=O) groups is 1. The fourth-order valence-electron chi connectivity index (χ4n) is 1.95. The van der Waals surface area contributed by atoms with Crippen LogP contribution in [0.5, 0.6) is 0 Å². The van der Waals surface area contributed by atoms with Gasteiger partial charge in [0.25, 0.3) is 0 Å². The van der Waals surface area contributed by atoms with Gasteiger partial charge in [-0.3, -0.25) is 4.79 Å². The van der Waals surface area contributed by atoms with Crippen molar-refractivity contribution in [3.05, 3.63) is 0 Å². The van der Waals surface area contributed by atoms with Crippen molar-refractivity contribution in [2.75, 3.05) is 26.7 Å². The van der Waals surface area contributed by atoms with Gasteiger partial charge in [0.05, 0.1) is 7.11 Å². The first kappa shape index (κ1) is 17.4. The SMILES string of the molecule is CCC(C)CN(CC)CCCC(C)(N)C(=O)OC. The highest BCUT2D eigenvalue weighted by Crippen LogP contribution is 2.12. The Morgan fingerprint density at radius 2 is 2.06 bits per heavy atom. The molecule has 0 spiro atoms. The van der Waals surface area contributed by atoms with Crippen LogP contribution in [0.1, 0.15) is 47.0 Å². The maximum atomic E-state index is 11.4. The van der Waals surface area contributed by atoms with E-state index in [-0.39, 0.29) is 5.97 Å². The van der Waals surface area contributed by atoms with Crippen molar-refractivity contribution in [2.24, 2.45) is 11.7 Å². The molecule has 2 unspecified atom stereocenters. The highest BCUT2D eigenvalue weighted by atomic mass is 16.5. The molecule has 0 rings (SSSR count). The zero-order valence-corrected chi connectivity index (χ0v) is 12.7. The number of hydrogen-bond donors (Lipinski definition) is 1. The van der Waals surface area contributed by atoms with Crippen molar-refractivity contribution >= 4 is 5.97 Å². The molecule has 0 heterocycles. The molecule has 2 atom stereocenters. The van der Waals surface area contributed by atoms with E-state index in [0.29, 0.717) is 6.42 Å². The van der Waals surface area contributed by atoms with Crippen LogP contribution in [-0.2, 0) is 9.53 Å². The molecular formula is C14H30N2O2. The Morgan fingerprint density at radius 1 is 1.44 bits per heavy atom. The lowest BCUT2D eigenvalue weighted by molar-refractivity contribution is -0.146. The van der Waals surface area contributed by atoms with Gasteiger partial charge < -0.3 is 15.4 Å². The molecule has 0 aliphatic heterocycles. The third-order valence-corrected chi connectivity index (χ3v) is 3.54. The van der Waals surface area contributed by atoms with Crippen LogP contribution in [-0.4, -0.2) is 43.2 Å². The molecule has 2 N–H and O–H groups in total. The Balaban J connectivity index is 4.03. The molecule has 0 aromatic carbocycles. The molecule has 0 aliphatic carbocycles. The summed E-state index contributed by atoms with van der Waals surface area (Å²) in [6.07, 6.45) is 2.79. The number of nitrogens with two attached hydrogens (primary N) is 1. The Kier molecular flexibility index (Phi) is 8.20. The summed E-state index contributed by atoms with van der Waals surface area (Å²) in [5.41, 5.74) is 5.08. The first-order valence-electron chi connectivity index (χ1n) is 6.97. The van der Waals surface area contributed by atoms with E-state index in [0.717, 1.165) is 32.0 Å². The largest absolute Gasteiger partial charge is 0.468 e. The van der Waals surface area contributed by atoms with Gasteiger partial charge in [-0.2, -0.15) is 0 Å². The first-order chi connectivity index (χ1) is 8.37. The minimum Gasteiger partial charge on any atom is -0.468 e. The van der Waals surface area contributed by atoms with Crippen LogP contribution in [0.4, 0.5) is 0 Å². The summed E-state index contributed by atoms with van der Waals surface area (Å²) < 4.78 is 4.70. The second kappa shape index (κ2) is 8.48. The second-order valence-corrected chi connectivity index (χ2v) is 5.42. The summed E-state index contributed by atoms with van der Waals surface area (Å²) in [5, 5.41) is 0. The predicted molar refractivity (Wildman–Crippen MR) is 75.4 cm³/mol. The molecule has 0 amide bonds. The Bertz CT molecular complexity index is 242. The van der Waals surface area contributed by atoms with Crippen LogP contribution in [0.2, 0.25) is 0 Å². The van der Waals surface area contributed by atoms with Gasteiger partial charge in [0.1, 0.15) is 5.54 Å². The van der Waals surface area contributed by atoms with Crippen molar-refractivity contribution < 1.29 is 9.53 Å². The van der Waals surface area contributed by atoms with E-state index in [2.05, 4.69) is 25.7 Å². The summed E-state index contributed by atoms with van der Waals surface area (Å²) in [7, 11) is 1.38. The van der Waals surface area contributed by atoms with Gasteiger partial charge in [0.2, 0.25) is 0 Å². The van der Waals surface area contributed by atoms with E-state index in [1.54, 1.807) is 6.92 Å². The predicted octanol–water partition coefficient (Wildman–Crippen LogP) is 2.02. The number of hydrogen-bond acceptors (Lipinski definition) is 4. The molecule has 0 aromatic rings. The zero-order valence-electron chi connectivity index (χ0n) is 12.7. The molecule has 0 fully saturated rings. The van der Waals surface area contributed by atoms with Gasteiger partial charge in [-0.25, -0.2) is 0 Å². The lowest BCUT2D eigenvalue weighted by atomic mass is 9.97. The molecule has 0 aromatic heterocycles. The molecule has 108 valence electrons. The number of carbonyl (C=O) groups excluding carboxylic acids is 1. The van der Waals surface area contributed by atoms with E-state index >= 15 is 0 Å². The summed E-state index contributed by atoms with van der Waals surface area (Å²) >= 11 is 0. The minimum atomic E-state index is -0.857. The van der Waals surface area contributed by atoms with Crippen LogP contribution >= 0.6 is 0 Å². The van der Waals surface area contributed by atoms with Crippen LogP contribution in [0.3, 0.4) is 0 Å². The average Bonchev–Trinajstić information content (AvgIpc) is 2.35. The zero-order chi connectivity index (χ0) is 14.2. The van der Waals surface area contributed by atoms with E-state index in [1.165, 1.54) is 13.5 Å². The third-order valence-electron chi connectivity index (χ3n) is 3.54. The molecular weight excluding hydrogens is 228 g/mol. The van der Waals surface area contributed by atoms with Crippen LogP contribution < -0.4 is 5.73 Å². The fourth-order valence-corrected chi connectivity index (χ4v) is 1.95. The molecule has 0 aliphatic rings. The Labute approximate surface area is 112 Å². The van der Waals surface area contributed by atoms with Gasteiger partial charge in [0.15, 0.2) is 0 Å². The average molecular weight is 258 g/mol. The molecule has 0 saturated carbocycles. The monoisotopic (exact) mass is 258 g/mol. The van der Waals surface area contributed by atoms with Crippen molar-refractivity contribution in [3.8, 4) is 0 Å². The lowest BCUT2D eigenvalue weighted by Gasteiger charge is -2.26. The summed E-state index contributed by atoms with van der Waals surface area (Å²) in [6.45, 7) is 11.5. The van der Waals surface area contributed by atoms with Gasteiger partial charge in [-0.15, -0.1) is 0 Å². The molecule has 4 nitrogen and oxygen atoms in total. The topological polar surface area (TPSA) is 55.6 Å². The van der Waals surface area contributed by atoms with Gasteiger partial charge >= 0.3 is 5.97 Å². The van der Waals surface area contributed by atoms with Gasteiger partial charge in [-0.1, -0.05) is 27.2 Å². The number of nitrogens with zero attached hydrogens (tertiary/aromatic N) is 1. The van der Waals surface area contributed by atoms with E-state index in [4.69, 9.17) is 10.5 Å². The van der Waals surface area contributed by atoms with Crippen LogP contribution in [0, 0.1) is 5.92 Å². The van der Waals surface area contributed by atoms with Crippen molar-refractivity contribution in [1.82, 2.24) is 4.90 Å². The van der Waals surface area contributed by atoms with E-state index in [1.807, 2.05) is 0 Å². The maximum Gasteiger partial charge on any atom is 0.325 e. The highest BCUT2D eigenvalue weighted by molar-refractivity contribution is 5.79. The van der Waals surface area contributed by atoms with Gasteiger partial charge in [-0.05, 0) is 38.8 Å². The number of rotatable bonds is 9. The highest BCUT2D eigenvalue weighted by Gasteiger charge is 2.28. The maximum absolute atomic E-state index is 11.4. The van der Waals surface area contributed by atoms with Crippen LogP contribution in [0.15, 0.2) is 0 Å². The second-order valence-electron chi connectivity index (χ2n) is 5.42. The van der Waals surface area contributed by atoms with Crippen molar-refractivity contribution in [3.63, 3.8) is 0 Å². The molecule has 0 bridgehead atoms. The lowest BCUT2D eigenvalue weighted by Crippen LogP contribution is -2.46. The van der Waals surface area contributed by atoms with Crippen LogP contribution in [0.25, 0.3) is 0 Å². The molecule has 0 radical (unpaired) electrons. The normalized spacial score (nSPS) is 16.4. The smallest absolute Gasteiger partial charge is 0.325 e. The molecule has 4 heteroatoms. The Morgan fingerprint density at radius 3 is 2.50 bits per heavy atom. The fraction of sp³-hybridized carbons (Fsp3) is 0.929. The van der Waals surface area contributed by atoms with Crippen molar-refractivity contribution in [2.45, 2.75) is 52.5 Å². The number of ether oxygens (including phenoxy) is 1.